The van der Waals surface area contributed by atoms with Crippen molar-refractivity contribution in [2.24, 2.45) is 0 Å². The summed E-state index contributed by atoms with van der Waals surface area (Å²) >= 11 is 9.41. The molecule has 0 fully saturated rings. The van der Waals surface area contributed by atoms with Crippen molar-refractivity contribution in [3.8, 4) is 0 Å². The van der Waals surface area contributed by atoms with E-state index in [1.165, 1.54) is 18.2 Å². The van der Waals surface area contributed by atoms with E-state index in [-0.39, 0.29) is 33.5 Å². The van der Waals surface area contributed by atoms with Crippen LogP contribution in [-0.2, 0) is 6.18 Å². The van der Waals surface area contributed by atoms with E-state index in [9.17, 15) is 31.5 Å². The second-order valence-corrected chi connectivity index (χ2v) is 8.49. The lowest BCUT2D eigenvalue weighted by Gasteiger charge is -2.18. The van der Waals surface area contributed by atoms with Gasteiger partial charge in [0.2, 0.25) is 0 Å². The Bertz CT molecular complexity index is 1310. The number of alkyl halides is 3. The molecule has 170 valence electrons. The predicted molar refractivity (Wildman–Crippen MR) is 114 cm³/mol. The molecule has 1 aliphatic heterocycles. The third-order valence-corrected chi connectivity index (χ3v) is 5.76. The van der Waals surface area contributed by atoms with Gasteiger partial charge in [-0.15, -0.1) is 0 Å². The average molecular weight is 546 g/mol. The Kier molecular flexibility index (Phi) is 5.92. The molecule has 3 aromatic carbocycles. The first-order chi connectivity index (χ1) is 15.4. The second kappa shape index (κ2) is 8.42. The van der Waals surface area contributed by atoms with E-state index in [1.807, 2.05) is 0 Å². The van der Waals surface area contributed by atoms with Gasteiger partial charge in [0, 0.05) is 37.4 Å². The molecule has 0 saturated heterocycles. The van der Waals surface area contributed by atoms with E-state index in [4.69, 9.17) is 11.6 Å². The predicted octanol–water partition coefficient (Wildman–Crippen LogP) is 6.48. The fourth-order valence-corrected chi connectivity index (χ4v) is 4.23. The fourth-order valence-electron chi connectivity index (χ4n) is 3.55. The van der Waals surface area contributed by atoms with E-state index in [0.29, 0.717) is 16.6 Å². The maximum Gasteiger partial charge on any atom is 0.416 e. The summed E-state index contributed by atoms with van der Waals surface area (Å²) in [6, 6.07) is 6.95. The van der Waals surface area contributed by atoms with Gasteiger partial charge >= 0.3 is 6.18 Å². The molecule has 3 aromatic rings. The number of nitrogens with one attached hydrogen (secondary N) is 2. The highest BCUT2D eigenvalue weighted by atomic mass is 79.9. The van der Waals surface area contributed by atoms with Crippen LogP contribution in [0.25, 0.3) is 0 Å². The molecule has 0 radical (unpaired) electrons. The van der Waals surface area contributed by atoms with Crippen LogP contribution in [0, 0.1) is 11.6 Å². The average Bonchev–Trinajstić information content (AvgIpc) is 3.05. The van der Waals surface area contributed by atoms with E-state index in [2.05, 4.69) is 26.6 Å². The number of benzene rings is 3. The number of anilines is 1. The van der Waals surface area contributed by atoms with Crippen molar-refractivity contribution in [1.82, 2.24) is 5.32 Å². The smallest absolute Gasteiger partial charge is 0.341 e. The van der Waals surface area contributed by atoms with Crippen molar-refractivity contribution in [2.45, 2.75) is 12.2 Å². The van der Waals surface area contributed by atoms with Gasteiger partial charge in [-0.3, -0.25) is 9.59 Å². The molecule has 0 saturated carbocycles. The first-order valence-electron chi connectivity index (χ1n) is 9.22. The van der Waals surface area contributed by atoms with Crippen LogP contribution in [0.3, 0.4) is 0 Å². The van der Waals surface area contributed by atoms with Gasteiger partial charge in [0.25, 0.3) is 11.8 Å². The van der Waals surface area contributed by atoms with Crippen molar-refractivity contribution in [3.05, 3.63) is 97.5 Å². The largest absolute Gasteiger partial charge is 0.416 e. The summed E-state index contributed by atoms with van der Waals surface area (Å²) in [5.41, 5.74) is -1.27. The van der Waals surface area contributed by atoms with Crippen LogP contribution >= 0.6 is 27.5 Å². The number of hydrogen-bond acceptors (Lipinski definition) is 2. The lowest BCUT2D eigenvalue weighted by atomic mass is 9.96. The summed E-state index contributed by atoms with van der Waals surface area (Å²) in [7, 11) is 0. The zero-order valence-corrected chi connectivity index (χ0v) is 18.5. The van der Waals surface area contributed by atoms with Crippen LogP contribution in [0.4, 0.5) is 27.6 Å². The summed E-state index contributed by atoms with van der Waals surface area (Å²) < 4.78 is 67.1. The molecule has 0 bridgehead atoms. The summed E-state index contributed by atoms with van der Waals surface area (Å²) in [6.07, 6.45) is -4.86. The molecule has 0 spiro atoms. The monoisotopic (exact) mass is 544 g/mol. The molecular weight excluding hydrogens is 535 g/mol. The van der Waals surface area contributed by atoms with Gasteiger partial charge < -0.3 is 10.6 Å². The van der Waals surface area contributed by atoms with Crippen molar-refractivity contribution in [1.29, 1.82) is 0 Å². The minimum atomic E-state index is -4.86. The van der Waals surface area contributed by atoms with E-state index >= 15 is 0 Å². The Hall–Kier alpha value is -2.98. The van der Waals surface area contributed by atoms with E-state index in [0.717, 1.165) is 12.1 Å². The molecule has 1 atom stereocenters. The molecule has 2 N–H and O–H groups in total. The van der Waals surface area contributed by atoms with Crippen molar-refractivity contribution in [3.63, 3.8) is 0 Å². The molecule has 33 heavy (non-hydrogen) atoms. The van der Waals surface area contributed by atoms with Crippen LogP contribution in [0.15, 0.2) is 53.0 Å². The molecule has 0 unspecified atom stereocenters. The Morgan fingerprint density at radius 3 is 2.45 bits per heavy atom. The third kappa shape index (κ3) is 4.58. The van der Waals surface area contributed by atoms with Crippen molar-refractivity contribution in [2.75, 3.05) is 5.32 Å². The zero-order valence-electron chi connectivity index (χ0n) is 16.2. The Morgan fingerprint density at radius 2 is 1.76 bits per heavy atom. The highest BCUT2D eigenvalue weighted by Crippen LogP contribution is 2.41. The zero-order chi connectivity index (χ0) is 24.1. The fraction of sp³-hybridized carbons (Fsp3) is 0.0909. The maximum absolute atomic E-state index is 13.9. The number of amides is 2. The summed E-state index contributed by atoms with van der Waals surface area (Å²) in [5.74, 6) is -3.42. The minimum Gasteiger partial charge on any atom is -0.341 e. The molecule has 4 nitrogen and oxygen atoms in total. The normalized spacial score (nSPS) is 15.2. The van der Waals surface area contributed by atoms with Gasteiger partial charge in [-0.25, -0.2) is 8.78 Å². The lowest BCUT2D eigenvalue weighted by Crippen LogP contribution is -2.21. The first kappa shape index (κ1) is 23.2. The van der Waals surface area contributed by atoms with E-state index in [1.54, 1.807) is 0 Å². The van der Waals surface area contributed by atoms with E-state index < -0.39 is 46.8 Å². The van der Waals surface area contributed by atoms with Crippen LogP contribution < -0.4 is 10.6 Å². The molecular formula is C22H11BrClF5N2O2. The Morgan fingerprint density at radius 1 is 1.03 bits per heavy atom. The number of fused-ring (bicyclic) bond motifs is 1. The third-order valence-electron chi connectivity index (χ3n) is 4.96. The van der Waals surface area contributed by atoms with Gasteiger partial charge in [0.15, 0.2) is 0 Å². The summed E-state index contributed by atoms with van der Waals surface area (Å²) in [5, 5.41) is 5.23. The van der Waals surface area contributed by atoms with Gasteiger partial charge in [-0.1, -0.05) is 27.5 Å². The SMILES string of the molecule is O=C(Nc1cc(Br)cc2c1[C@H](c1cc(F)ccc1Cl)NC2=O)c1cc(F)cc(C(F)(F)F)c1. The summed E-state index contributed by atoms with van der Waals surface area (Å²) in [6.45, 7) is 0. The number of carbonyl (C=O) groups is 2. The molecule has 4 rings (SSSR count). The number of rotatable bonds is 3. The molecule has 0 aromatic heterocycles. The standard InChI is InChI=1S/C22H11BrClF5N2O2/c23-11-6-15-18(19(31-21(15)33)14-8-12(25)1-2-16(14)24)17(7-11)30-20(32)9-3-10(22(27,28)29)5-13(26)4-9/h1-8,19H,(H,30,32)(H,31,33)/t19-/m0/s1. The molecule has 1 aliphatic rings. The molecule has 1 heterocycles. The van der Waals surface area contributed by atoms with Gasteiger partial charge in [0.05, 0.1) is 11.6 Å². The lowest BCUT2D eigenvalue weighted by molar-refractivity contribution is -0.137. The summed E-state index contributed by atoms with van der Waals surface area (Å²) in [4.78, 5) is 25.3. The van der Waals surface area contributed by atoms with Gasteiger partial charge in [0.1, 0.15) is 11.6 Å². The van der Waals surface area contributed by atoms with Crippen LogP contribution in [0.2, 0.25) is 5.02 Å². The Labute approximate surface area is 196 Å². The van der Waals surface area contributed by atoms with Crippen LogP contribution in [0.1, 0.15) is 43.4 Å². The maximum atomic E-state index is 13.9. The van der Waals surface area contributed by atoms with Crippen molar-refractivity contribution >= 4 is 45.0 Å². The second-order valence-electron chi connectivity index (χ2n) is 7.17. The quantitative estimate of drug-likeness (QED) is 0.370. The minimum absolute atomic E-state index is 0.0471. The highest BCUT2D eigenvalue weighted by Gasteiger charge is 2.35. The van der Waals surface area contributed by atoms with Gasteiger partial charge in [-0.2, -0.15) is 13.2 Å². The highest BCUT2D eigenvalue weighted by molar-refractivity contribution is 9.10. The topological polar surface area (TPSA) is 58.2 Å². The first-order valence-corrected chi connectivity index (χ1v) is 10.4. The molecule has 2 amide bonds. The number of carbonyl (C=O) groups excluding carboxylic acids is 2. The van der Waals surface area contributed by atoms with Crippen LogP contribution in [0.5, 0.6) is 0 Å². The Balaban J connectivity index is 1.79. The molecule has 11 heteroatoms. The van der Waals surface area contributed by atoms with Gasteiger partial charge in [-0.05, 0) is 48.5 Å². The van der Waals surface area contributed by atoms with Crippen LogP contribution in [-0.4, -0.2) is 11.8 Å². The number of halogens is 7. The number of hydrogen-bond donors (Lipinski definition) is 2. The molecule has 0 aliphatic carbocycles. The van der Waals surface area contributed by atoms with Crippen molar-refractivity contribution < 1.29 is 31.5 Å².